The summed E-state index contributed by atoms with van der Waals surface area (Å²) in [6, 6.07) is 24.4. The Morgan fingerprint density at radius 1 is 0.731 bits per heavy atom. The zero-order chi connectivity index (χ0) is 17.5. The van der Waals surface area contributed by atoms with Crippen LogP contribution in [0.4, 0.5) is 0 Å². The van der Waals surface area contributed by atoms with Crippen LogP contribution < -0.4 is 0 Å². The van der Waals surface area contributed by atoms with E-state index in [0.717, 1.165) is 12.8 Å². The van der Waals surface area contributed by atoms with Crippen LogP contribution in [-0.4, -0.2) is 4.57 Å². The molecule has 0 radical (unpaired) electrons. The van der Waals surface area contributed by atoms with Gasteiger partial charge in [-0.2, -0.15) is 0 Å². The maximum Gasteiger partial charge on any atom is 0.0541 e. The number of para-hydroxylation sites is 1. The Balaban J connectivity index is 1.79. The van der Waals surface area contributed by atoms with Gasteiger partial charge in [0.25, 0.3) is 0 Å². The highest BCUT2D eigenvalue weighted by molar-refractivity contribution is 6.11. The third-order valence-electron chi connectivity index (χ3n) is 5.29. The molecule has 1 heterocycles. The molecule has 0 spiro atoms. The molecule has 0 atom stereocenters. The van der Waals surface area contributed by atoms with E-state index < -0.39 is 0 Å². The average Bonchev–Trinajstić information content (AvgIpc) is 3.03. The van der Waals surface area contributed by atoms with E-state index in [0.29, 0.717) is 0 Å². The van der Waals surface area contributed by atoms with Gasteiger partial charge >= 0.3 is 0 Å². The van der Waals surface area contributed by atoms with Crippen molar-refractivity contribution in [2.24, 2.45) is 0 Å². The molecule has 0 amide bonds. The summed E-state index contributed by atoms with van der Waals surface area (Å²) in [5.74, 6) is 0. The first kappa shape index (κ1) is 15.2. The second kappa shape index (κ2) is 6.03. The average molecular weight is 335 g/mol. The van der Waals surface area contributed by atoms with Crippen LogP contribution in [0, 0.1) is 6.92 Å². The SMILES string of the molecule is Cc1ccc(-c2ccc3c(c2)c2ccccc2n3C2=CCCC=C2)cc1. The molecule has 0 N–H and O–H groups in total. The monoisotopic (exact) mass is 335 g/mol. The molecule has 0 saturated heterocycles. The molecule has 1 nitrogen and oxygen atoms in total. The summed E-state index contributed by atoms with van der Waals surface area (Å²) < 4.78 is 2.40. The number of aryl methyl sites for hydroxylation is 1. The molecular formula is C25H21N. The number of fused-ring (bicyclic) bond motifs is 3. The molecule has 1 heteroatoms. The van der Waals surface area contributed by atoms with Crippen molar-refractivity contribution < 1.29 is 0 Å². The van der Waals surface area contributed by atoms with E-state index in [1.165, 1.54) is 44.2 Å². The van der Waals surface area contributed by atoms with Gasteiger partial charge in [-0.05, 0) is 55.2 Å². The van der Waals surface area contributed by atoms with Crippen LogP contribution >= 0.6 is 0 Å². The third kappa shape index (κ3) is 2.40. The van der Waals surface area contributed by atoms with Crippen molar-refractivity contribution in [3.63, 3.8) is 0 Å². The Kier molecular flexibility index (Phi) is 3.53. The summed E-state index contributed by atoms with van der Waals surface area (Å²) >= 11 is 0. The van der Waals surface area contributed by atoms with E-state index in [1.807, 2.05) is 0 Å². The fourth-order valence-electron chi connectivity index (χ4n) is 3.94. The van der Waals surface area contributed by atoms with Crippen LogP contribution in [0.3, 0.4) is 0 Å². The van der Waals surface area contributed by atoms with Gasteiger partial charge in [0.2, 0.25) is 0 Å². The molecule has 1 aromatic heterocycles. The minimum Gasteiger partial charge on any atom is -0.310 e. The molecule has 1 aliphatic rings. The van der Waals surface area contributed by atoms with E-state index in [4.69, 9.17) is 0 Å². The summed E-state index contributed by atoms with van der Waals surface area (Å²) in [6.07, 6.45) is 9.12. The van der Waals surface area contributed by atoms with E-state index in [9.17, 15) is 0 Å². The molecule has 26 heavy (non-hydrogen) atoms. The predicted molar refractivity (Wildman–Crippen MR) is 112 cm³/mol. The summed E-state index contributed by atoms with van der Waals surface area (Å²) in [5, 5.41) is 2.63. The van der Waals surface area contributed by atoms with Crippen molar-refractivity contribution in [3.8, 4) is 11.1 Å². The van der Waals surface area contributed by atoms with Crippen molar-refractivity contribution in [3.05, 3.63) is 90.5 Å². The molecular weight excluding hydrogens is 314 g/mol. The molecule has 0 fully saturated rings. The first-order valence-corrected chi connectivity index (χ1v) is 9.28. The van der Waals surface area contributed by atoms with Gasteiger partial charge in [0, 0.05) is 16.5 Å². The topological polar surface area (TPSA) is 4.93 Å². The standard InChI is InChI=1S/C25H21N/c1-18-11-13-19(14-12-18)20-15-16-25-23(17-20)22-9-5-6-10-24(22)26(25)21-7-3-2-4-8-21/h3,5-17H,2,4H2,1H3. The number of hydrogen-bond acceptors (Lipinski definition) is 0. The Labute approximate surface area is 153 Å². The lowest BCUT2D eigenvalue weighted by Gasteiger charge is -2.12. The first-order valence-electron chi connectivity index (χ1n) is 9.28. The molecule has 3 aromatic carbocycles. The lowest BCUT2D eigenvalue weighted by molar-refractivity contribution is 1.02. The summed E-state index contributed by atoms with van der Waals surface area (Å²) in [7, 11) is 0. The van der Waals surface area contributed by atoms with Crippen LogP contribution in [0.5, 0.6) is 0 Å². The molecule has 0 saturated carbocycles. The van der Waals surface area contributed by atoms with Crippen LogP contribution in [0.2, 0.25) is 0 Å². The summed E-state index contributed by atoms with van der Waals surface area (Å²) in [4.78, 5) is 0. The normalized spacial score (nSPS) is 14.1. The van der Waals surface area contributed by atoms with Gasteiger partial charge in [0.1, 0.15) is 0 Å². The quantitative estimate of drug-likeness (QED) is 0.373. The van der Waals surface area contributed by atoms with Crippen molar-refractivity contribution in [1.29, 1.82) is 0 Å². The Hall–Kier alpha value is -3.06. The molecule has 126 valence electrons. The maximum atomic E-state index is 2.40. The Morgan fingerprint density at radius 3 is 2.31 bits per heavy atom. The molecule has 4 aromatic rings. The van der Waals surface area contributed by atoms with Crippen LogP contribution in [0.25, 0.3) is 38.6 Å². The predicted octanol–water partition coefficient (Wildman–Crippen LogP) is 6.96. The number of rotatable bonds is 2. The van der Waals surface area contributed by atoms with E-state index >= 15 is 0 Å². The lowest BCUT2D eigenvalue weighted by atomic mass is 10.0. The van der Waals surface area contributed by atoms with Crippen molar-refractivity contribution in [1.82, 2.24) is 4.57 Å². The highest BCUT2D eigenvalue weighted by Gasteiger charge is 2.13. The molecule has 0 unspecified atom stereocenters. The highest BCUT2D eigenvalue weighted by Crippen LogP contribution is 2.35. The van der Waals surface area contributed by atoms with Gasteiger partial charge in [0.05, 0.1) is 11.0 Å². The number of hydrogen-bond donors (Lipinski definition) is 0. The number of aromatic nitrogens is 1. The highest BCUT2D eigenvalue weighted by atomic mass is 15.0. The lowest BCUT2D eigenvalue weighted by Crippen LogP contribution is -1.96. The number of allylic oxidation sites excluding steroid dienone is 4. The van der Waals surface area contributed by atoms with E-state index in [1.54, 1.807) is 0 Å². The third-order valence-corrected chi connectivity index (χ3v) is 5.29. The number of benzene rings is 3. The van der Waals surface area contributed by atoms with Gasteiger partial charge in [-0.3, -0.25) is 0 Å². The molecule has 1 aliphatic carbocycles. The Bertz CT molecular complexity index is 1170. The number of nitrogens with zero attached hydrogens (tertiary/aromatic N) is 1. The second-order valence-corrected chi connectivity index (χ2v) is 7.06. The van der Waals surface area contributed by atoms with Crippen molar-refractivity contribution in [2.45, 2.75) is 19.8 Å². The van der Waals surface area contributed by atoms with E-state index in [2.05, 4.69) is 96.4 Å². The van der Waals surface area contributed by atoms with Crippen LogP contribution in [0.15, 0.2) is 85.0 Å². The van der Waals surface area contributed by atoms with E-state index in [-0.39, 0.29) is 0 Å². The molecule has 5 rings (SSSR count). The van der Waals surface area contributed by atoms with Gasteiger partial charge in [-0.1, -0.05) is 66.2 Å². The minimum atomic E-state index is 1.11. The molecule has 0 bridgehead atoms. The van der Waals surface area contributed by atoms with Gasteiger partial charge in [-0.15, -0.1) is 0 Å². The summed E-state index contributed by atoms with van der Waals surface area (Å²) in [5.41, 5.74) is 7.67. The fraction of sp³-hybridized carbons (Fsp3) is 0.120. The second-order valence-electron chi connectivity index (χ2n) is 7.06. The Morgan fingerprint density at radius 2 is 1.50 bits per heavy atom. The van der Waals surface area contributed by atoms with Crippen LogP contribution in [0.1, 0.15) is 18.4 Å². The fourth-order valence-corrected chi connectivity index (χ4v) is 3.94. The van der Waals surface area contributed by atoms with Crippen molar-refractivity contribution >= 4 is 27.5 Å². The smallest absolute Gasteiger partial charge is 0.0541 e. The van der Waals surface area contributed by atoms with Crippen molar-refractivity contribution in [2.75, 3.05) is 0 Å². The largest absolute Gasteiger partial charge is 0.310 e. The minimum absolute atomic E-state index is 1.11. The van der Waals surface area contributed by atoms with Gasteiger partial charge < -0.3 is 4.57 Å². The first-order chi connectivity index (χ1) is 12.8. The summed E-state index contributed by atoms with van der Waals surface area (Å²) in [6.45, 7) is 2.13. The maximum absolute atomic E-state index is 2.40. The van der Waals surface area contributed by atoms with Gasteiger partial charge in [-0.25, -0.2) is 0 Å². The zero-order valence-electron chi connectivity index (χ0n) is 14.9. The van der Waals surface area contributed by atoms with Crippen LogP contribution in [-0.2, 0) is 0 Å². The molecule has 0 aliphatic heterocycles. The zero-order valence-corrected chi connectivity index (χ0v) is 14.9. The van der Waals surface area contributed by atoms with Gasteiger partial charge in [0.15, 0.2) is 0 Å².